The van der Waals surface area contributed by atoms with E-state index in [-0.39, 0.29) is 18.3 Å². The van der Waals surface area contributed by atoms with E-state index >= 15 is 0 Å². The van der Waals surface area contributed by atoms with Gasteiger partial charge in [-0.1, -0.05) is 18.5 Å². The molecule has 0 heterocycles. The standard InChI is InChI=1S/C15H21ClN2O2.ClH/c1-3-6-18(9-10-4-5-10)15(19)11-7-12(16)13(17)8-14(11)20-2;/h7-8,10H,3-6,9,17H2,1-2H3;1H. The van der Waals surface area contributed by atoms with Crippen molar-refractivity contribution in [3.8, 4) is 5.75 Å². The minimum atomic E-state index is -0.0301. The van der Waals surface area contributed by atoms with Gasteiger partial charge in [-0.05, 0) is 31.2 Å². The van der Waals surface area contributed by atoms with Crippen LogP contribution in [0.3, 0.4) is 0 Å². The van der Waals surface area contributed by atoms with Gasteiger partial charge >= 0.3 is 0 Å². The van der Waals surface area contributed by atoms with E-state index in [0.29, 0.717) is 27.9 Å². The Kier molecular flexibility index (Phi) is 6.62. The monoisotopic (exact) mass is 332 g/mol. The van der Waals surface area contributed by atoms with Crippen molar-refractivity contribution < 1.29 is 9.53 Å². The van der Waals surface area contributed by atoms with Crippen LogP contribution in [0.4, 0.5) is 5.69 Å². The minimum Gasteiger partial charge on any atom is -0.496 e. The van der Waals surface area contributed by atoms with Gasteiger partial charge in [0.05, 0.1) is 23.4 Å². The number of benzene rings is 1. The number of nitrogen functional groups attached to an aromatic ring is 1. The first-order valence-electron chi connectivity index (χ1n) is 6.99. The van der Waals surface area contributed by atoms with Gasteiger partial charge in [0.25, 0.3) is 5.91 Å². The third-order valence-electron chi connectivity index (χ3n) is 3.51. The fourth-order valence-electron chi connectivity index (χ4n) is 2.23. The molecule has 0 bridgehead atoms. The third-order valence-corrected chi connectivity index (χ3v) is 3.83. The second kappa shape index (κ2) is 7.76. The van der Waals surface area contributed by atoms with Crippen LogP contribution < -0.4 is 10.5 Å². The highest BCUT2D eigenvalue weighted by molar-refractivity contribution is 6.33. The number of anilines is 1. The first-order chi connectivity index (χ1) is 9.56. The molecule has 21 heavy (non-hydrogen) atoms. The number of ether oxygens (including phenoxy) is 1. The van der Waals surface area contributed by atoms with Gasteiger partial charge in [0.2, 0.25) is 0 Å². The molecule has 0 unspecified atom stereocenters. The molecule has 0 spiro atoms. The summed E-state index contributed by atoms with van der Waals surface area (Å²) in [5.74, 6) is 1.10. The highest BCUT2D eigenvalue weighted by atomic mass is 35.5. The van der Waals surface area contributed by atoms with Crippen LogP contribution in [0, 0.1) is 5.92 Å². The Morgan fingerprint density at radius 1 is 1.48 bits per heavy atom. The molecule has 2 N–H and O–H groups in total. The number of amides is 1. The molecule has 1 fully saturated rings. The number of halogens is 2. The highest BCUT2D eigenvalue weighted by Crippen LogP contribution is 2.33. The lowest BCUT2D eigenvalue weighted by atomic mass is 10.1. The Morgan fingerprint density at radius 2 is 2.14 bits per heavy atom. The fraction of sp³-hybridized carbons (Fsp3) is 0.533. The molecule has 118 valence electrons. The van der Waals surface area contributed by atoms with Crippen molar-refractivity contribution in [1.82, 2.24) is 4.90 Å². The smallest absolute Gasteiger partial charge is 0.257 e. The molecule has 0 aromatic heterocycles. The second-order valence-electron chi connectivity index (χ2n) is 5.27. The number of methoxy groups -OCH3 is 1. The Hall–Kier alpha value is -1.13. The molecule has 1 aliphatic carbocycles. The number of hydrogen-bond donors (Lipinski definition) is 1. The maximum absolute atomic E-state index is 12.7. The molecule has 0 aliphatic heterocycles. The molecule has 6 heteroatoms. The summed E-state index contributed by atoms with van der Waals surface area (Å²) in [4.78, 5) is 14.6. The number of nitrogens with zero attached hydrogens (tertiary/aromatic N) is 1. The maximum Gasteiger partial charge on any atom is 0.257 e. The van der Waals surface area contributed by atoms with Crippen LogP contribution in [-0.2, 0) is 0 Å². The Labute approximate surface area is 137 Å². The lowest BCUT2D eigenvalue weighted by Gasteiger charge is -2.23. The summed E-state index contributed by atoms with van der Waals surface area (Å²) < 4.78 is 5.27. The molecular weight excluding hydrogens is 311 g/mol. The number of rotatable bonds is 6. The predicted octanol–water partition coefficient (Wildman–Crippen LogP) is 3.61. The lowest BCUT2D eigenvalue weighted by Crippen LogP contribution is -2.33. The summed E-state index contributed by atoms with van der Waals surface area (Å²) >= 11 is 6.04. The van der Waals surface area contributed by atoms with E-state index < -0.39 is 0 Å². The third kappa shape index (κ3) is 4.42. The van der Waals surface area contributed by atoms with Crippen LogP contribution in [0.2, 0.25) is 5.02 Å². The van der Waals surface area contributed by atoms with Crippen LogP contribution in [0.15, 0.2) is 12.1 Å². The van der Waals surface area contributed by atoms with Gasteiger partial charge < -0.3 is 15.4 Å². The number of nitrogens with two attached hydrogens (primary N) is 1. The molecule has 1 amide bonds. The summed E-state index contributed by atoms with van der Waals surface area (Å²) in [6, 6.07) is 3.21. The Morgan fingerprint density at radius 3 is 2.67 bits per heavy atom. The molecule has 2 rings (SSSR count). The normalized spacial score (nSPS) is 13.5. The van der Waals surface area contributed by atoms with Crippen LogP contribution >= 0.6 is 24.0 Å². The van der Waals surface area contributed by atoms with Crippen LogP contribution in [0.5, 0.6) is 5.75 Å². The SMILES string of the molecule is CCCN(CC1CC1)C(=O)c1cc(Cl)c(N)cc1OC.Cl. The number of hydrogen-bond acceptors (Lipinski definition) is 3. The average Bonchev–Trinajstić information content (AvgIpc) is 3.24. The van der Waals surface area contributed by atoms with E-state index in [1.165, 1.54) is 20.0 Å². The van der Waals surface area contributed by atoms with Crippen molar-refractivity contribution in [2.45, 2.75) is 26.2 Å². The zero-order valence-electron chi connectivity index (χ0n) is 12.4. The quantitative estimate of drug-likeness (QED) is 0.809. The largest absolute Gasteiger partial charge is 0.496 e. The second-order valence-corrected chi connectivity index (χ2v) is 5.68. The van der Waals surface area contributed by atoms with Crippen molar-refractivity contribution in [1.29, 1.82) is 0 Å². The average molecular weight is 333 g/mol. The van der Waals surface area contributed by atoms with Gasteiger partial charge in [0.1, 0.15) is 5.75 Å². The summed E-state index contributed by atoms with van der Waals surface area (Å²) in [5, 5.41) is 0.386. The van der Waals surface area contributed by atoms with E-state index in [1.54, 1.807) is 12.1 Å². The van der Waals surface area contributed by atoms with E-state index in [4.69, 9.17) is 22.1 Å². The Balaban J connectivity index is 0.00000220. The molecule has 4 nitrogen and oxygen atoms in total. The zero-order chi connectivity index (χ0) is 14.7. The van der Waals surface area contributed by atoms with Crippen molar-refractivity contribution >= 4 is 35.6 Å². The maximum atomic E-state index is 12.7. The van der Waals surface area contributed by atoms with Gasteiger partial charge in [0, 0.05) is 19.2 Å². The van der Waals surface area contributed by atoms with Crippen LogP contribution in [-0.4, -0.2) is 31.0 Å². The molecule has 1 saturated carbocycles. The van der Waals surface area contributed by atoms with Crippen LogP contribution in [0.1, 0.15) is 36.5 Å². The lowest BCUT2D eigenvalue weighted by molar-refractivity contribution is 0.0744. The summed E-state index contributed by atoms with van der Waals surface area (Å²) in [5.41, 5.74) is 6.66. The molecule has 1 aromatic rings. The fourth-order valence-corrected chi connectivity index (χ4v) is 2.40. The summed E-state index contributed by atoms with van der Waals surface area (Å²) in [6.45, 7) is 3.64. The summed E-state index contributed by atoms with van der Waals surface area (Å²) in [6.07, 6.45) is 3.36. The van der Waals surface area contributed by atoms with Gasteiger partial charge in [-0.25, -0.2) is 0 Å². The van der Waals surface area contributed by atoms with Gasteiger partial charge in [-0.15, -0.1) is 12.4 Å². The van der Waals surface area contributed by atoms with E-state index in [2.05, 4.69) is 6.92 Å². The minimum absolute atomic E-state index is 0. The Bertz CT molecular complexity index is 505. The van der Waals surface area contributed by atoms with Crippen LogP contribution in [0.25, 0.3) is 0 Å². The first-order valence-corrected chi connectivity index (χ1v) is 7.36. The van der Waals surface area contributed by atoms with Crippen molar-refractivity contribution in [3.05, 3.63) is 22.7 Å². The molecule has 1 aliphatic rings. The highest BCUT2D eigenvalue weighted by Gasteiger charge is 2.28. The van der Waals surface area contributed by atoms with Crippen molar-refractivity contribution in [2.24, 2.45) is 5.92 Å². The van der Waals surface area contributed by atoms with Crippen molar-refractivity contribution in [3.63, 3.8) is 0 Å². The number of carbonyl (C=O) groups excluding carboxylic acids is 1. The molecule has 1 aromatic carbocycles. The van der Waals surface area contributed by atoms with Gasteiger partial charge in [-0.3, -0.25) is 4.79 Å². The molecule has 0 atom stereocenters. The molecule has 0 saturated heterocycles. The van der Waals surface area contributed by atoms with E-state index in [1.807, 2.05) is 4.90 Å². The van der Waals surface area contributed by atoms with E-state index in [0.717, 1.165) is 19.5 Å². The van der Waals surface area contributed by atoms with Gasteiger partial charge in [0.15, 0.2) is 0 Å². The molecular formula is C15H22Cl2N2O2. The first kappa shape index (κ1) is 17.9. The summed E-state index contributed by atoms with van der Waals surface area (Å²) in [7, 11) is 1.53. The molecule has 0 radical (unpaired) electrons. The zero-order valence-corrected chi connectivity index (χ0v) is 14.0. The number of carbonyl (C=O) groups is 1. The predicted molar refractivity (Wildman–Crippen MR) is 88.6 cm³/mol. The van der Waals surface area contributed by atoms with Gasteiger partial charge in [-0.2, -0.15) is 0 Å². The van der Waals surface area contributed by atoms with E-state index in [9.17, 15) is 4.79 Å². The van der Waals surface area contributed by atoms with Crippen molar-refractivity contribution in [2.75, 3.05) is 25.9 Å². The topological polar surface area (TPSA) is 55.6 Å².